The molecule has 2 fully saturated rings. The molecule has 0 heterocycles. The molecule has 2 aromatic rings. The summed E-state index contributed by atoms with van der Waals surface area (Å²) in [6.07, 6.45) is 11.6. The maximum atomic E-state index is 15.1. The molecule has 7 heteroatoms. The maximum absolute atomic E-state index is 15.1. The largest absolute Gasteiger partial charge is 0.486 e. The Bertz CT molecular complexity index is 1160. The van der Waals surface area contributed by atoms with Crippen LogP contribution in [0.5, 0.6) is 11.5 Å². The summed E-state index contributed by atoms with van der Waals surface area (Å²) in [6.45, 7) is 5.40. The van der Waals surface area contributed by atoms with Gasteiger partial charge in [0.1, 0.15) is 6.61 Å². The Hall–Kier alpha value is -3.09. The van der Waals surface area contributed by atoms with Crippen molar-refractivity contribution in [3.8, 4) is 11.5 Å². The second-order valence-corrected chi connectivity index (χ2v) is 9.64. The molecule has 0 bridgehead atoms. The van der Waals surface area contributed by atoms with Crippen molar-refractivity contribution in [2.45, 2.75) is 51.4 Å². The van der Waals surface area contributed by atoms with Gasteiger partial charge in [-0.05, 0) is 92.9 Å². The van der Waals surface area contributed by atoms with Crippen LogP contribution in [-0.4, -0.2) is 12.6 Å². The number of allylic oxidation sites excluding steroid dienone is 2. The Morgan fingerprint density at radius 1 is 0.917 bits per heavy atom. The zero-order valence-corrected chi connectivity index (χ0v) is 20.2. The number of ether oxygens (including phenoxy) is 2. The zero-order valence-electron chi connectivity index (χ0n) is 20.2. The van der Waals surface area contributed by atoms with Crippen molar-refractivity contribution in [2.24, 2.45) is 17.8 Å². The van der Waals surface area contributed by atoms with Crippen LogP contribution in [0.3, 0.4) is 0 Å². The zero-order chi connectivity index (χ0) is 25.8. The average Bonchev–Trinajstić information content (AvgIpc) is 2.88. The van der Waals surface area contributed by atoms with Crippen LogP contribution in [0.1, 0.15) is 67.3 Å². The highest BCUT2D eigenvalue weighted by Gasteiger charge is 2.37. The van der Waals surface area contributed by atoms with E-state index in [1.165, 1.54) is 12.1 Å². The lowest BCUT2D eigenvalue weighted by Gasteiger charge is -2.42. The van der Waals surface area contributed by atoms with Gasteiger partial charge in [0, 0.05) is 0 Å². The highest BCUT2D eigenvalue weighted by molar-refractivity contribution is 5.91. The van der Waals surface area contributed by atoms with Crippen molar-refractivity contribution in [3.05, 3.63) is 83.5 Å². The summed E-state index contributed by atoms with van der Waals surface area (Å²) in [7, 11) is 0. The molecule has 0 aliphatic heterocycles. The van der Waals surface area contributed by atoms with Gasteiger partial charge in [0.05, 0.1) is 5.56 Å². The molecule has 2 aliphatic rings. The quantitative estimate of drug-likeness (QED) is 0.167. The van der Waals surface area contributed by atoms with Crippen molar-refractivity contribution in [1.82, 2.24) is 0 Å². The molecule has 4 rings (SSSR count). The number of fused-ring (bicyclic) bond motifs is 1. The van der Waals surface area contributed by atoms with Crippen molar-refractivity contribution in [1.29, 1.82) is 0 Å². The summed E-state index contributed by atoms with van der Waals surface area (Å²) >= 11 is 0. The molecular weight excluding hydrogens is 472 g/mol. The standard InChI is InChI=1S/C29H30F4O3/c1-3-5-17-6-7-19-16-20(9-8-18(19)15-17)21-10-11-22(26(31)25(21)30)29(34)36-24-13-12-23(35-14-4-2)27(32)28(24)33/h3-5,10-13,17-20H,2,6-9,14-16H2,1H3/b5-3+. The van der Waals surface area contributed by atoms with E-state index in [1.54, 1.807) is 0 Å². The number of halogens is 4. The number of hydrogen-bond donors (Lipinski definition) is 0. The maximum Gasteiger partial charge on any atom is 0.346 e. The van der Waals surface area contributed by atoms with E-state index in [-0.39, 0.29) is 23.8 Å². The normalized spacial score (nSPS) is 23.8. The molecule has 0 radical (unpaired) electrons. The molecule has 0 N–H and O–H groups in total. The van der Waals surface area contributed by atoms with Crippen molar-refractivity contribution in [3.63, 3.8) is 0 Å². The average molecular weight is 503 g/mol. The molecule has 0 spiro atoms. The van der Waals surface area contributed by atoms with Crippen LogP contribution in [-0.2, 0) is 0 Å². The van der Waals surface area contributed by atoms with E-state index < -0.39 is 40.6 Å². The van der Waals surface area contributed by atoms with E-state index in [4.69, 9.17) is 9.47 Å². The van der Waals surface area contributed by atoms with Gasteiger partial charge < -0.3 is 9.47 Å². The number of carbonyl (C=O) groups excluding carboxylic acids is 1. The van der Waals surface area contributed by atoms with Crippen molar-refractivity contribution < 1.29 is 31.8 Å². The predicted molar refractivity (Wildman–Crippen MR) is 129 cm³/mol. The number of esters is 1. The molecule has 3 nitrogen and oxygen atoms in total. The van der Waals surface area contributed by atoms with E-state index in [9.17, 15) is 18.0 Å². The third kappa shape index (κ3) is 5.35. The Morgan fingerprint density at radius 3 is 2.36 bits per heavy atom. The minimum atomic E-state index is -1.47. The van der Waals surface area contributed by atoms with Crippen molar-refractivity contribution in [2.75, 3.05) is 6.61 Å². The summed E-state index contributed by atoms with van der Waals surface area (Å²) in [5.74, 6) is -6.17. The summed E-state index contributed by atoms with van der Waals surface area (Å²) in [6, 6.07) is 4.63. The van der Waals surface area contributed by atoms with Gasteiger partial charge in [-0.25, -0.2) is 13.6 Å². The van der Waals surface area contributed by atoms with Crippen LogP contribution in [0, 0.1) is 41.0 Å². The molecule has 0 saturated heterocycles. The van der Waals surface area contributed by atoms with Gasteiger partial charge in [-0.2, -0.15) is 8.78 Å². The van der Waals surface area contributed by atoms with Gasteiger partial charge in [0.2, 0.25) is 11.6 Å². The molecule has 2 aliphatic carbocycles. The molecule has 36 heavy (non-hydrogen) atoms. The third-order valence-corrected chi connectivity index (χ3v) is 7.46. The fourth-order valence-corrected chi connectivity index (χ4v) is 5.70. The van der Waals surface area contributed by atoms with Crippen LogP contribution in [0.2, 0.25) is 0 Å². The highest BCUT2D eigenvalue weighted by Crippen LogP contribution is 2.48. The van der Waals surface area contributed by atoms with Crippen molar-refractivity contribution >= 4 is 5.97 Å². The molecule has 0 aromatic heterocycles. The molecule has 4 atom stereocenters. The van der Waals surface area contributed by atoms with E-state index in [2.05, 4.69) is 18.7 Å². The molecule has 0 amide bonds. The second kappa shape index (κ2) is 11.3. The fourth-order valence-electron chi connectivity index (χ4n) is 5.70. The fraction of sp³-hybridized carbons (Fsp3) is 0.414. The molecular formula is C29H30F4O3. The van der Waals surface area contributed by atoms with Crippen LogP contribution in [0.4, 0.5) is 17.6 Å². The first-order valence-corrected chi connectivity index (χ1v) is 12.4. The molecule has 192 valence electrons. The first-order valence-electron chi connectivity index (χ1n) is 12.4. The molecule has 4 unspecified atom stereocenters. The lowest BCUT2D eigenvalue weighted by atomic mass is 9.64. The van der Waals surface area contributed by atoms with Gasteiger partial charge in [-0.1, -0.05) is 30.9 Å². The summed E-state index contributed by atoms with van der Waals surface area (Å²) < 4.78 is 68.4. The van der Waals surface area contributed by atoms with Gasteiger partial charge in [0.25, 0.3) is 0 Å². The summed E-state index contributed by atoms with van der Waals surface area (Å²) in [5, 5.41) is 0. The van der Waals surface area contributed by atoms with E-state index in [0.29, 0.717) is 17.8 Å². The first-order chi connectivity index (χ1) is 17.3. The van der Waals surface area contributed by atoms with E-state index in [0.717, 1.165) is 56.7 Å². The van der Waals surface area contributed by atoms with Crippen LogP contribution < -0.4 is 9.47 Å². The highest BCUT2D eigenvalue weighted by atomic mass is 19.2. The van der Waals surface area contributed by atoms with Crippen LogP contribution in [0.15, 0.2) is 49.1 Å². The van der Waals surface area contributed by atoms with Crippen LogP contribution in [0.25, 0.3) is 0 Å². The number of benzene rings is 2. The van der Waals surface area contributed by atoms with Gasteiger partial charge >= 0.3 is 5.97 Å². The SMILES string of the molecule is C=CCOc1ccc(OC(=O)c2ccc(C3CCC4CC(/C=C/C)CCC4C3)c(F)c2F)c(F)c1F. The monoisotopic (exact) mass is 502 g/mol. The predicted octanol–water partition coefficient (Wildman–Crippen LogP) is 7.90. The smallest absolute Gasteiger partial charge is 0.346 e. The Balaban J connectivity index is 1.47. The first kappa shape index (κ1) is 26.0. The van der Waals surface area contributed by atoms with Crippen LogP contribution >= 0.6 is 0 Å². The summed E-state index contributed by atoms with van der Waals surface area (Å²) in [5.41, 5.74) is -0.428. The van der Waals surface area contributed by atoms with Gasteiger partial charge in [0.15, 0.2) is 23.1 Å². The Morgan fingerprint density at radius 2 is 1.61 bits per heavy atom. The lowest BCUT2D eigenvalue weighted by molar-refractivity contribution is 0.0720. The second-order valence-electron chi connectivity index (χ2n) is 9.64. The van der Waals surface area contributed by atoms with Gasteiger partial charge in [-0.15, -0.1) is 0 Å². The molecule has 2 aromatic carbocycles. The Kier molecular flexibility index (Phi) is 8.17. The minimum Gasteiger partial charge on any atom is -0.486 e. The molecule has 2 saturated carbocycles. The van der Waals surface area contributed by atoms with Gasteiger partial charge in [-0.3, -0.25) is 0 Å². The number of hydrogen-bond acceptors (Lipinski definition) is 3. The summed E-state index contributed by atoms with van der Waals surface area (Å²) in [4.78, 5) is 12.5. The topological polar surface area (TPSA) is 35.5 Å². The van der Waals surface area contributed by atoms with E-state index >= 15 is 4.39 Å². The Labute approximate surface area is 208 Å². The van der Waals surface area contributed by atoms with E-state index in [1.807, 2.05) is 6.92 Å². The number of rotatable bonds is 7. The third-order valence-electron chi connectivity index (χ3n) is 7.46. The number of carbonyl (C=O) groups is 1. The minimum absolute atomic E-state index is 0.0502. The lowest BCUT2D eigenvalue weighted by Crippen LogP contribution is -2.30.